The van der Waals surface area contributed by atoms with Crippen molar-refractivity contribution in [1.82, 2.24) is 5.32 Å². The Hall–Kier alpha value is -0.530. The second kappa shape index (κ2) is 11.3. The van der Waals surface area contributed by atoms with Gasteiger partial charge in [-0.3, -0.25) is 0 Å². The van der Waals surface area contributed by atoms with Crippen molar-refractivity contribution >= 4 is 11.6 Å². The van der Waals surface area contributed by atoms with Gasteiger partial charge in [0.25, 0.3) is 0 Å². The van der Waals surface area contributed by atoms with E-state index < -0.39 is 0 Å². The minimum absolute atomic E-state index is 0.603. The van der Waals surface area contributed by atoms with E-state index >= 15 is 0 Å². The Morgan fingerprint density at radius 2 is 1.42 bits per heavy atom. The SMILES string of the molecule is CCCCCCCCCNCc1ccc(CCl)cc1. The molecule has 0 saturated carbocycles. The smallest absolute Gasteiger partial charge is 0.0474 e. The molecule has 0 aliphatic heterocycles. The van der Waals surface area contributed by atoms with Crippen LogP contribution in [0.1, 0.15) is 63.0 Å². The van der Waals surface area contributed by atoms with Crippen LogP contribution in [0.2, 0.25) is 0 Å². The summed E-state index contributed by atoms with van der Waals surface area (Å²) in [5.74, 6) is 0.603. The zero-order chi connectivity index (χ0) is 13.8. The van der Waals surface area contributed by atoms with Crippen molar-refractivity contribution in [2.75, 3.05) is 6.54 Å². The first-order valence-electron chi connectivity index (χ1n) is 7.71. The van der Waals surface area contributed by atoms with Gasteiger partial charge in [0.15, 0.2) is 0 Å². The van der Waals surface area contributed by atoms with E-state index in [9.17, 15) is 0 Å². The minimum atomic E-state index is 0.603. The van der Waals surface area contributed by atoms with Gasteiger partial charge in [-0.05, 0) is 24.1 Å². The molecule has 108 valence electrons. The van der Waals surface area contributed by atoms with E-state index in [-0.39, 0.29) is 0 Å². The summed E-state index contributed by atoms with van der Waals surface area (Å²) < 4.78 is 0. The van der Waals surface area contributed by atoms with Crippen LogP contribution in [0.3, 0.4) is 0 Å². The third-order valence-corrected chi connectivity index (χ3v) is 3.77. The number of hydrogen-bond acceptors (Lipinski definition) is 1. The van der Waals surface area contributed by atoms with Gasteiger partial charge >= 0.3 is 0 Å². The number of unbranched alkanes of at least 4 members (excludes halogenated alkanes) is 6. The first kappa shape index (κ1) is 16.5. The summed E-state index contributed by atoms with van der Waals surface area (Å²) in [6.45, 7) is 4.37. The van der Waals surface area contributed by atoms with Gasteiger partial charge in [-0.1, -0.05) is 69.7 Å². The highest BCUT2D eigenvalue weighted by atomic mass is 35.5. The highest BCUT2D eigenvalue weighted by molar-refractivity contribution is 6.17. The van der Waals surface area contributed by atoms with Crippen molar-refractivity contribution in [2.24, 2.45) is 0 Å². The van der Waals surface area contributed by atoms with Gasteiger partial charge < -0.3 is 5.32 Å². The van der Waals surface area contributed by atoms with Gasteiger partial charge in [-0.2, -0.15) is 0 Å². The molecule has 0 saturated heterocycles. The summed E-state index contributed by atoms with van der Waals surface area (Å²) in [6.07, 6.45) is 9.62. The molecule has 2 heteroatoms. The maximum Gasteiger partial charge on any atom is 0.0474 e. The van der Waals surface area contributed by atoms with Crippen LogP contribution in [-0.4, -0.2) is 6.54 Å². The lowest BCUT2D eigenvalue weighted by atomic mass is 10.1. The molecule has 0 aromatic heterocycles. The van der Waals surface area contributed by atoms with Crippen molar-refractivity contribution < 1.29 is 0 Å². The van der Waals surface area contributed by atoms with Crippen LogP contribution in [0.25, 0.3) is 0 Å². The number of nitrogens with one attached hydrogen (secondary N) is 1. The van der Waals surface area contributed by atoms with Crippen LogP contribution >= 0.6 is 11.6 Å². The molecule has 1 aromatic carbocycles. The van der Waals surface area contributed by atoms with E-state index in [1.165, 1.54) is 56.1 Å². The van der Waals surface area contributed by atoms with Gasteiger partial charge in [0.05, 0.1) is 0 Å². The average molecular weight is 282 g/mol. The maximum atomic E-state index is 5.77. The fourth-order valence-electron chi connectivity index (χ4n) is 2.19. The first-order valence-corrected chi connectivity index (χ1v) is 8.24. The summed E-state index contributed by atoms with van der Waals surface area (Å²) in [5, 5.41) is 3.51. The molecule has 1 N–H and O–H groups in total. The third kappa shape index (κ3) is 8.28. The van der Waals surface area contributed by atoms with Gasteiger partial charge in [0, 0.05) is 12.4 Å². The number of halogens is 1. The molecule has 1 aromatic rings. The van der Waals surface area contributed by atoms with Crippen molar-refractivity contribution in [3.8, 4) is 0 Å². The van der Waals surface area contributed by atoms with Gasteiger partial charge in [-0.15, -0.1) is 11.6 Å². The van der Waals surface area contributed by atoms with Crippen LogP contribution in [0.4, 0.5) is 0 Å². The number of alkyl halides is 1. The van der Waals surface area contributed by atoms with Gasteiger partial charge in [0.1, 0.15) is 0 Å². The van der Waals surface area contributed by atoms with E-state index in [1.54, 1.807) is 0 Å². The Kier molecular flexibility index (Phi) is 9.84. The quantitative estimate of drug-likeness (QED) is 0.431. The average Bonchev–Trinajstić information content (AvgIpc) is 2.46. The molecule has 0 atom stereocenters. The van der Waals surface area contributed by atoms with Crippen molar-refractivity contribution in [1.29, 1.82) is 0 Å². The van der Waals surface area contributed by atoms with Gasteiger partial charge in [-0.25, -0.2) is 0 Å². The van der Waals surface area contributed by atoms with E-state index in [1.807, 2.05) is 0 Å². The zero-order valence-electron chi connectivity index (χ0n) is 12.3. The number of rotatable bonds is 11. The minimum Gasteiger partial charge on any atom is -0.313 e. The van der Waals surface area contributed by atoms with E-state index in [0.717, 1.165) is 13.1 Å². The summed E-state index contributed by atoms with van der Waals surface area (Å²) in [6, 6.07) is 8.54. The molecular weight excluding hydrogens is 254 g/mol. The lowest BCUT2D eigenvalue weighted by Crippen LogP contribution is -2.14. The Bertz CT molecular complexity index is 308. The van der Waals surface area contributed by atoms with Crippen LogP contribution < -0.4 is 5.32 Å². The van der Waals surface area contributed by atoms with E-state index in [0.29, 0.717) is 5.88 Å². The predicted molar refractivity (Wildman–Crippen MR) is 85.7 cm³/mol. The fraction of sp³-hybridized carbons (Fsp3) is 0.647. The molecule has 1 nitrogen and oxygen atoms in total. The number of benzene rings is 1. The first-order chi connectivity index (χ1) is 9.36. The molecule has 19 heavy (non-hydrogen) atoms. The second-order valence-corrected chi connectivity index (χ2v) is 5.52. The highest BCUT2D eigenvalue weighted by Crippen LogP contribution is 2.08. The molecule has 0 aliphatic carbocycles. The van der Waals surface area contributed by atoms with Crippen LogP contribution in [0, 0.1) is 0 Å². The normalized spacial score (nSPS) is 10.8. The lowest BCUT2D eigenvalue weighted by molar-refractivity contribution is 0.562. The standard InChI is InChI=1S/C17H28ClN/c1-2-3-4-5-6-7-8-13-19-15-17-11-9-16(14-18)10-12-17/h9-12,19H,2-8,13-15H2,1H3. The predicted octanol–water partition coefficient (Wildman–Crippen LogP) is 5.27. The number of hydrogen-bond donors (Lipinski definition) is 1. The topological polar surface area (TPSA) is 12.0 Å². The fourth-order valence-corrected chi connectivity index (χ4v) is 2.36. The zero-order valence-corrected chi connectivity index (χ0v) is 13.0. The molecule has 0 fully saturated rings. The molecule has 0 spiro atoms. The summed E-state index contributed by atoms with van der Waals surface area (Å²) in [7, 11) is 0. The summed E-state index contributed by atoms with van der Waals surface area (Å²) >= 11 is 5.77. The van der Waals surface area contributed by atoms with Crippen LogP contribution in [0.15, 0.2) is 24.3 Å². The molecule has 0 unspecified atom stereocenters. The Morgan fingerprint density at radius 3 is 2.05 bits per heavy atom. The molecule has 0 aliphatic rings. The molecule has 0 amide bonds. The molecule has 1 rings (SSSR count). The largest absolute Gasteiger partial charge is 0.313 e. The summed E-state index contributed by atoms with van der Waals surface area (Å²) in [4.78, 5) is 0. The maximum absolute atomic E-state index is 5.77. The molecule has 0 radical (unpaired) electrons. The van der Waals surface area contributed by atoms with Crippen molar-refractivity contribution in [3.05, 3.63) is 35.4 Å². The van der Waals surface area contributed by atoms with Gasteiger partial charge in [0.2, 0.25) is 0 Å². The van der Waals surface area contributed by atoms with Crippen molar-refractivity contribution in [2.45, 2.75) is 64.3 Å². The van der Waals surface area contributed by atoms with Crippen molar-refractivity contribution in [3.63, 3.8) is 0 Å². The van der Waals surface area contributed by atoms with E-state index in [4.69, 9.17) is 11.6 Å². The Balaban J connectivity index is 1.95. The Labute approximate surface area is 123 Å². The van der Waals surface area contributed by atoms with E-state index in [2.05, 4.69) is 36.5 Å². The van der Waals surface area contributed by atoms with Crippen LogP contribution in [0.5, 0.6) is 0 Å². The highest BCUT2D eigenvalue weighted by Gasteiger charge is 1.94. The Morgan fingerprint density at radius 1 is 0.842 bits per heavy atom. The second-order valence-electron chi connectivity index (χ2n) is 5.25. The lowest BCUT2D eigenvalue weighted by Gasteiger charge is -2.06. The molecule has 0 heterocycles. The third-order valence-electron chi connectivity index (χ3n) is 3.46. The molecule has 0 bridgehead atoms. The van der Waals surface area contributed by atoms with Crippen LogP contribution in [-0.2, 0) is 12.4 Å². The molecular formula is C17H28ClN. The monoisotopic (exact) mass is 281 g/mol. The summed E-state index contributed by atoms with van der Waals surface area (Å²) in [5.41, 5.74) is 2.54.